The van der Waals surface area contributed by atoms with Gasteiger partial charge in [-0.25, -0.2) is 13.4 Å². The zero-order valence-electron chi connectivity index (χ0n) is 12.1. The predicted molar refractivity (Wildman–Crippen MR) is 88.0 cm³/mol. The highest BCUT2D eigenvalue weighted by atomic mass is 32.2. The summed E-state index contributed by atoms with van der Waals surface area (Å²) in [5.74, 6) is 0.0140. The van der Waals surface area contributed by atoms with E-state index in [9.17, 15) is 13.2 Å². The van der Waals surface area contributed by atoms with Gasteiger partial charge in [-0.1, -0.05) is 0 Å². The molecule has 1 saturated heterocycles. The highest BCUT2D eigenvalue weighted by molar-refractivity contribution is 7.91. The van der Waals surface area contributed by atoms with Crippen LogP contribution in [-0.4, -0.2) is 43.4 Å². The Bertz CT molecular complexity index is 814. The van der Waals surface area contributed by atoms with Crippen molar-refractivity contribution in [2.45, 2.75) is 19.4 Å². The number of anilines is 1. The summed E-state index contributed by atoms with van der Waals surface area (Å²) in [6.07, 6.45) is 0.500. The number of hydrogen-bond donors (Lipinski definition) is 2. The molecule has 0 spiro atoms. The predicted octanol–water partition coefficient (Wildman–Crippen LogP) is 1.32. The van der Waals surface area contributed by atoms with Crippen molar-refractivity contribution < 1.29 is 13.2 Å². The first kappa shape index (κ1) is 15.2. The fraction of sp³-hybridized carbons (Fsp3) is 0.429. The first-order chi connectivity index (χ1) is 10.4. The molecular weight excluding hydrogens is 322 g/mol. The number of carbonyl (C=O) groups excluding carboxylic acids is 1. The van der Waals surface area contributed by atoms with Gasteiger partial charge in [-0.15, -0.1) is 11.3 Å². The van der Waals surface area contributed by atoms with Crippen LogP contribution >= 0.6 is 11.3 Å². The summed E-state index contributed by atoms with van der Waals surface area (Å²) in [5.41, 5.74) is 1.80. The minimum Gasteiger partial charge on any atom is -0.376 e. The number of carbonyl (C=O) groups is 1. The monoisotopic (exact) mass is 339 g/mol. The van der Waals surface area contributed by atoms with Crippen molar-refractivity contribution in [3.05, 3.63) is 23.2 Å². The second kappa shape index (κ2) is 5.85. The number of nitrogens with one attached hydrogen (secondary N) is 2. The van der Waals surface area contributed by atoms with Crippen molar-refractivity contribution in [2.24, 2.45) is 0 Å². The topological polar surface area (TPSA) is 88.2 Å². The Hall–Kier alpha value is -1.67. The van der Waals surface area contributed by atoms with Crippen LogP contribution in [0.15, 0.2) is 18.2 Å². The third-order valence-electron chi connectivity index (χ3n) is 3.55. The standard InChI is InChI=1S/C14H17N3O3S2/c1-9-16-12-3-2-10(6-13(12)21-9)15-7-14(18)17-11-4-5-22(19,20)8-11/h2-3,6,11,15H,4-5,7-8H2,1H3,(H,17,18)/t11-/m0/s1. The molecule has 0 bridgehead atoms. The molecule has 2 N–H and O–H groups in total. The van der Waals surface area contributed by atoms with E-state index in [-0.39, 0.29) is 30.0 Å². The molecule has 6 nitrogen and oxygen atoms in total. The Morgan fingerprint density at radius 2 is 2.27 bits per heavy atom. The molecule has 0 radical (unpaired) electrons. The molecule has 1 amide bonds. The zero-order chi connectivity index (χ0) is 15.7. The summed E-state index contributed by atoms with van der Waals surface area (Å²) in [4.78, 5) is 16.3. The first-order valence-corrected chi connectivity index (χ1v) is 9.66. The van der Waals surface area contributed by atoms with Crippen LogP contribution in [0.25, 0.3) is 10.2 Å². The second-order valence-electron chi connectivity index (χ2n) is 5.44. The maximum absolute atomic E-state index is 11.9. The van der Waals surface area contributed by atoms with Gasteiger partial charge < -0.3 is 10.6 Å². The smallest absolute Gasteiger partial charge is 0.239 e. The molecule has 1 fully saturated rings. The van der Waals surface area contributed by atoms with E-state index in [1.807, 2.05) is 25.1 Å². The second-order valence-corrected chi connectivity index (χ2v) is 8.90. The Labute approximate surface area is 132 Å². The molecule has 1 aromatic heterocycles. The van der Waals surface area contributed by atoms with Gasteiger partial charge in [-0.3, -0.25) is 4.79 Å². The number of thiazole rings is 1. The van der Waals surface area contributed by atoms with E-state index in [2.05, 4.69) is 15.6 Å². The van der Waals surface area contributed by atoms with Crippen LogP contribution in [-0.2, 0) is 14.6 Å². The van der Waals surface area contributed by atoms with Crippen molar-refractivity contribution in [3.63, 3.8) is 0 Å². The summed E-state index contributed by atoms with van der Waals surface area (Å²) in [6, 6.07) is 5.51. The summed E-state index contributed by atoms with van der Waals surface area (Å²) < 4.78 is 23.8. The van der Waals surface area contributed by atoms with Crippen molar-refractivity contribution in [1.29, 1.82) is 0 Å². The average Bonchev–Trinajstić information content (AvgIpc) is 2.97. The third kappa shape index (κ3) is 3.56. The molecular formula is C14H17N3O3S2. The molecule has 2 aromatic rings. The molecule has 1 aliphatic heterocycles. The summed E-state index contributed by atoms with van der Waals surface area (Å²) in [5, 5.41) is 6.82. The molecule has 0 aliphatic carbocycles. The van der Waals surface area contributed by atoms with Gasteiger partial charge in [0.15, 0.2) is 9.84 Å². The highest BCUT2D eigenvalue weighted by Crippen LogP contribution is 2.24. The van der Waals surface area contributed by atoms with Gasteiger partial charge in [-0.05, 0) is 31.5 Å². The molecule has 22 heavy (non-hydrogen) atoms. The van der Waals surface area contributed by atoms with Crippen LogP contribution in [0, 0.1) is 6.92 Å². The quantitative estimate of drug-likeness (QED) is 0.877. The number of rotatable bonds is 4. The normalized spacial score (nSPS) is 20.1. The van der Waals surface area contributed by atoms with Gasteiger partial charge in [0, 0.05) is 11.7 Å². The summed E-state index contributed by atoms with van der Waals surface area (Å²) in [7, 11) is -2.97. The molecule has 2 heterocycles. The number of amides is 1. The van der Waals surface area contributed by atoms with Crippen molar-refractivity contribution in [2.75, 3.05) is 23.4 Å². The van der Waals surface area contributed by atoms with E-state index in [1.165, 1.54) is 0 Å². The number of fused-ring (bicyclic) bond motifs is 1. The molecule has 0 saturated carbocycles. The largest absolute Gasteiger partial charge is 0.376 e. The molecule has 0 unspecified atom stereocenters. The SMILES string of the molecule is Cc1nc2ccc(NCC(=O)N[C@H]3CCS(=O)(=O)C3)cc2s1. The van der Waals surface area contributed by atoms with Gasteiger partial charge in [0.1, 0.15) is 0 Å². The maximum Gasteiger partial charge on any atom is 0.239 e. The lowest BCUT2D eigenvalue weighted by Crippen LogP contribution is -2.39. The van der Waals surface area contributed by atoms with Crippen LogP contribution in [0.2, 0.25) is 0 Å². The van der Waals surface area contributed by atoms with Gasteiger partial charge >= 0.3 is 0 Å². The number of sulfone groups is 1. The van der Waals surface area contributed by atoms with Crippen molar-refractivity contribution in [1.82, 2.24) is 10.3 Å². The van der Waals surface area contributed by atoms with E-state index in [4.69, 9.17) is 0 Å². The minimum atomic E-state index is -2.97. The summed E-state index contributed by atoms with van der Waals surface area (Å²) >= 11 is 1.61. The molecule has 1 aliphatic rings. The maximum atomic E-state index is 11.9. The van der Waals surface area contributed by atoms with Crippen molar-refractivity contribution >= 4 is 43.0 Å². The Morgan fingerprint density at radius 3 is 3.00 bits per heavy atom. The van der Waals surface area contributed by atoms with E-state index >= 15 is 0 Å². The first-order valence-electron chi connectivity index (χ1n) is 7.02. The number of nitrogens with zero attached hydrogens (tertiary/aromatic N) is 1. The zero-order valence-corrected chi connectivity index (χ0v) is 13.8. The molecule has 1 aromatic carbocycles. The molecule has 8 heteroatoms. The van der Waals surface area contributed by atoms with Crippen molar-refractivity contribution in [3.8, 4) is 0 Å². The van der Waals surface area contributed by atoms with Gasteiger partial charge in [0.05, 0.1) is 33.3 Å². The van der Waals surface area contributed by atoms with Crippen LogP contribution in [0.1, 0.15) is 11.4 Å². The van der Waals surface area contributed by atoms with E-state index in [1.54, 1.807) is 11.3 Å². The van der Waals surface area contributed by atoms with E-state index in [0.29, 0.717) is 6.42 Å². The Morgan fingerprint density at radius 1 is 1.45 bits per heavy atom. The van der Waals surface area contributed by atoms with Crippen LogP contribution in [0.5, 0.6) is 0 Å². The van der Waals surface area contributed by atoms with E-state index in [0.717, 1.165) is 20.9 Å². The van der Waals surface area contributed by atoms with Gasteiger partial charge in [0.25, 0.3) is 0 Å². The fourth-order valence-corrected chi connectivity index (χ4v) is 5.06. The number of benzene rings is 1. The lowest BCUT2D eigenvalue weighted by molar-refractivity contribution is -0.119. The number of aromatic nitrogens is 1. The van der Waals surface area contributed by atoms with Crippen LogP contribution < -0.4 is 10.6 Å². The number of hydrogen-bond acceptors (Lipinski definition) is 6. The summed E-state index contributed by atoms with van der Waals surface area (Å²) in [6.45, 7) is 2.08. The lowest BCUT2D eigenvalue weighted by atomic mass is 10.2. The minimum absolute atomic E-state index is 0.0465. The molecule has 1 atom stereocenters. The highest BCUT2D eigenvalue weighted by Gasteiger charge is 2.28. The number of aryl methyl sites for hydroxylation is 1. The lowest BCUT2D eigenvalue weighted by Gasteiger charge is -2.12. The molecule has 118 valence electrons. The average molecular weight is 339 g/mol. The Kier molecular flexibility index (Phi) is 4.05. The van der Waals surface area contributed by atoms with Crippen LogP contribution in [0.4, 0.5) is 5.69 Å². The van der Waals surface area contributed by atoms with E-state index < -0.39 is 9.84 Å². The van der Waals surface area contributed by atoms with Gasteiger partial charge in [-0.2, -0.15) is 0 Å². The fourth-order valence-electron chi connectivity index (χ4n) is 2.52. The van der Waals surface area contributed by atoms with Crippen LogP contribution in [0.3, 0.4) is 0 Å². The Balaban J connectivity index is 1.55. The van der Waals surface area contributed by atoms with Gasteiger partial charge in [0.2, 0.25) is 5.91 Å². The third-order valence-corrected chi connectivity index (χ3v) is 6.25. The molecule has 3 rings (SSSR count).